The van der Waals surface area contributed by atoms with Crippen molar-refractivity contribution in [3.05, 3.63) is 82.9 Å². The van der Waals surface area contributed by atoms with Gasteiger partial charge >= 0.3 is 13.1 Å². The molecule has 1 amide bonds. The second-order valence-electron chi connectivity index (χ2n) is 9.45. The summed E-state index contributed by atoms with van der Waals surface area (Å²) in [5.41, 5.74) is 6.47. The van der Waals surface area contributed by atoms with Crippen LogP contribution in [0.2, 0.25) is 0 Å². The van der Waals surface area contributed by atoms with E-state index in [0.717, 1.165) is 22.4 Å². The van der Waals surface area contributed by atoms with E-state index in [0.29, 0.717) is 31.1 Å². The number of halogens is 3. The third kappa shape index (κ3) is 4.94. The van der Waals surface area contributed by atoms with Gasteiger partial charge < -0.3 is 27.5 Å². The Morgan fingerprint density at radius 3 is 2.14 bits per heavy atom. The van der Waals surface area contributed by atoms with Gasteiger partial charge in [0.1, 0.15) is 6.61 Å². The number of carbonyl (C=O) groups is 1. The molecule has 36 heavy (non-hydrogen) atoms. The maximum absolute atomic E-state index is 13.0. The van der Waals surface area contributed by atoms with Gasteiger partial charge in [-0.15, -0.1) is 12.6 Å². The van der Waals surface area contributed by atoms with Crippen molar-refractivity contribution in [2.75, 3.05) is 37.7 Å². The molecule has 0 N–H and O–H groups in total. The normalized spacial score (nSPS) is 15.6. The van der Waals surface area contributed by atoms with Gasteiger partial charge in [0.25, 0.3) is 0 Å². The number of amides is 1. The van der Waals surface area contributed by atoms with Crippen LogP contribution in [0, 0.1) is 6.92 Å². The van der Waals surface area contributed by atoms with Crippen molar-refractivity contribution in [3.63, 3.8) is 0 Å². The summed E-state index contributed by atoms with van der Waals surface area (Å²) < 4.78 is 44.8. The van der Waals surface area contributed by atoms with E-state index in [1.807, 2.05) is 36.1 Å². The number of hydrogen-bond donors (Lipinski definition) is 1. The molecule has 9 heteroatoms. The molecule has 1 heterocycles. The molecule has 0 radical (unpaired) electrons. The number of nitrogens with zero attached hydrogens (tertiary/aromatic N) is 2. The van der Waals surface area contributed by atoms with Crippen molar-refractivity contribution in [3.8, 4) is 11.1 Å². The highest BCUT2D eigenvalue weighted by Crippen LogP contribution is 2.44. The first kappa shape index (κ1) is 24.6. The molecule has 0 saturated carbocycles. The summed E-state index contributed by atoms with van der Waals surface area (Å²) in [4.78, 5) is 17.1. The molecule has 3 aromatic rings. The van der Waals surface area contributed by atoms with Gasteiger partial charge in [-0.25, -0.2) is 4.79 Å². The first-order valence-electron chi connectivity index (χ1n) is 12.1. The SMILES string of the molecule is Cc1c(S)cc(C[B-](F)(F)F)cc1N1CCN(C(=O)OCC2c3ccccc3-c3ccccc32)CC1. The fraction of sp³-hybridized carbons (Fsp3) is 0.296. The summed E-state index contributed by atoms with van der Waals surface area (Å²) in [7, 11) is 0. The molecular formula is C27H27BF3N2O2S-. The lowest BCUT2D eigenvalue weighted by Crippen LogP contribution is -2.49. The zero-order valence-electron chi connectivity index (χ0n) is 20.0. The van der Waals surface area contributed by atoms with Crippen molar-refractivity contribution in [2.45, 2.75) is 24.1 Å². The summed E-state index contributed by atoms with van der Waals surface area (Å²) in [6.07, 6.45) is -1.29. The van der Waals surface area contributed by atoms with Crippen molar-refractivity contribution in [1.29, 1.82) is 0 Å². The van der Waals surface area contributed by atoms with Crippen LogP contribution >= 0.6 is 12.6 Å². The Bertz CT molecular complexity index is 1250. The predicted octanol–water partition coefficient (Wildman–Crippen LogP) is 6.28. The lowest BCUT2D eigenvalue weighted by atomic mass is 9.81. The summed E-state index contributed by atoms with van der Waals surface area (Å²) in [5, 5.41) is 0. The molecule has 1 fully saturated rings. The Hall–Kier alpha value is -3.07. The van der Waals surface area contributed by atoms with Crippen LogP contribution in [0.25, 0.3) is 11.1 Å². The van der Waals surface area contributed by atoms with Gasteiger partial charge in [-0.3, -0.25) is 0 Å². The molecule has 0 atom stereocenters. The Kier molecular flexibility index (Phi) is 6.68. The van der Waals surface area contributed by atoms with Gasteiger partial charge in [-0.05, 0) is 46.9 Å². The smallest absolute Gasteiger partial charge is 0.449 e. The maximum atomic E-state index is 13.0. The lowest BCUT2D eigenvalue weighted by molar-refractivity contribution is 0.0976. The molecule has 2 aliphatic rings. The molecule has 1 aliphatic carbocycles. The molecule has 0 unspecified atom stereocenters. The first-order chi connectivity index (χ1) is 17.2. The number of thiol groups is 1. The van der Waals surface area contributed by atoms with Gasteiger partial charge in [-0.2, -0.15) is 0 Å². The highest BCUT2D eigenvalue weighted by molar-refractivity contribution is 7.80. The van der Waals surface area contributed by atoms with E-state index in [-0.39, 0.29) is 24.2 Å². The minimum absolute atomic E-state index is 0.00272. The second-order valence-corrected chi connectivity index (χ2v) is 9.93. The molecule has 4 nitrogen and oxygen atoms in total. The molecule has 3 aromatic carbocycles. The lowest BCUT2D eigenvalue weighted by Gasteiger charge is -2.37. The predicted molar refractivity (Wildman–Crippen MR) is 140 cm³/mol. The molecule has 0 spiro atoms. The van der Waals surface area contributed by atoms with Crippen molar-refractivity contribution in [2.24, 2.45) is 0 Å². The second kappa shape index (κ2) is 9.77. The fourth-order valence-electron chi connectivity index (χ4n) is 5.27. The van der Waals surface area contributed by atoms with E-state index in [4.69, 9.17) is 4.74 Å². The number of fused-ring (bicyclic) bond motifs is 3. The van der Waals surface area contributed by atoms with Gasteiger partial charge in [0, 0.05) is 42.7 Å². The summed E-state index contributed by atoms with van der Waals surface area (Å²) in [6.45, 7) is -0.914. The van der Waals surface area contributed by atoms with E-state index in [1.54, 1.807) is 11.0 Å². The third-order valence-electron chi connectivity index (χ3n) is 7.09. The van der Waals surface area contributed by atoms with Gasteiger partial charge in [-0.1, -0.05) is 60.4 Å². The van der Waals surface area contributed by atoms with Gasteiger partial charge in [0.2, 0.25) is 0 Å². The number of ether oxygens (including phenoxy) is 1. The molecule has 1 aliphatic heterocycles. The van der Waals surface area contributed by atoms with Crippen LogP contribution in [0.5, 0.6) is 0 Å². The van der Waals surface area contributed by atoms with Crippen LogP contribution in [0.3, 0.4) is 0 Å². The largest absolute Gasteiger partial charge is 0.482 e. The molecule has 0 aromatic heterocycles. The monoisotopic (exact) mass is 511 g/mol. The third-order valence-corrected chi connectivity index (χ3v) is 7.56. The number of anilines is 1. The minimum Gasteiger partial charge on any atom is -0.449 e. The van der Waals surface area contributed by atoms with Crippen LogP contribution in [-0.4, -0.2) is 50.8 Å². The van der Waals surface area contributed by atoms with Crippen LogP contribution in [0.1, 0.15) is 28.2 Å². The average Bonchev–Trinajstić information content (AvgIpc) is 3.17. The zero-order valence-corrected chi connectivity index (χ0v) is 20.9. The number of rotatable bonds is 5. The average molecular weight is 511 g/mol. The molecule has 188 valence electrons. The van der Waals surface area contributed by atoms with Crippen LogP contribution < -0.4 is 4.90 Å². The minimum atomic E-state index is -4.93. The van der Waals surface area contributed by atoms with E-state index in [9.17, 15) is 17.7 Å². The maximum Gasteiger partial charge on any atom is 0.482 e. The van der Waals surface area contributed by atoms with Crippen LogP contribution in [0.15, 0.2) is 65.6 Å². The quantitative estimate of drug-likeness (QED) is 0.323. The Labute approximate surface area is 214 Å². The topological polar surface area (TPSA) is 32.8 Å². The number of hydrogen-bond acceptors (Lipinski definition) is 4. The summed E-state index contributed by atoms with van der Waals surface area (Å²) >= 11 is 4.40. The highest BCUT2D eigenvalue weighted by Gasteiger charge is 2.31. The molecule has 0 bridgehead atoms. The van der Waals surface area contributed by atoms with Gasteiger partial charge in [0.05, 0.1) is 0 Å². The van der Waals surface area contributed by atoms with Gasteiger partial charge in [0.15, 0.2) is 0 Å². The number of carbonyl (C=O) groups excluding carboxylic acids is 1. The molecule has 1 saturated heterocycles. The Balaban J connectivity index is 1.22. The van der Waals surface area contributed by atoms with Crippen LogP contribution in [-0.2, 0) is 11.1 Å². The number of piperazine rings is 1. The summed E-state index contributed by atoms with van der Waals surface area (Å²) in [6, 6.07) is 19.5. The molecule has 5 rings (SSSR count). The van der Waals surface area contributed by atoms with E-state index >= 15 is 0 Å². The zero-order chi connectivity index (χ0) is 25.4. The van der Waals surface area contributed by atoms with E-state index in [2.05, 4.69) is 36.9 Å². The fourth-order valence-corrected chi connectivity index (χ4v) is 5.55. The number of benzene rings is 3. The van der Waals surface area contributed by atoms with Crippen molar-refractivity contribution >= 4 is 31.4 Å². The van der Waals surface area contributed by atoms with Crippen LogP contribution in [0.4, 0.5) is 23.4 Å². The molecular weight excluding hydrogens is 484 g/mol. The Morgan fingerprint density at radius 1 is 0.972 bits per heavy atom. The van der Waals surface area contributed by atoms with E-state index in [1.165, 1.54) is 17.2 Å². The first-order valence-corrected chi connectivity index (χ1v) is 12.5. The Morgan fingerprint density at radius 2 is 1.56 bits per heavy atom. The highest BCUT2D eigenvalue weighted by atomic mass is 32.1. The standard InChI is InChI=1S/C27H27BF3N2O2S/c1-18-25(14-19(15-26(18)36)16-28(29,30)31)32-10-12-33(13-11-32)27(34)35-17-24-22-8-4-2-6-20(22)21-7-3-5-9-23(21)24/h2-9,14-15,24,36H,10-13,16-17H2,1H3/q-1. The van der Waals surface area contributed by atoms with Crippen molar-refractivity contribution < 1.29 is 22.5 Å². The summed E-state index contributed by atoms with van der Waals surface area (Å²) in [5.74, 6) is -0.00272. The van der Waals surface area contributed by atoms with E-state index < -0.39 is 13.3 Å². The van der Waals surface area contributed by atoms with Crippen molar-refractivity contribution in [1.82, 2.24) is 4.90 Å².